The average Bonchev–Trinajstić information content (AvgIpc) is 2.94. The summed E-state index contributed by atoms with van der Waals surface area (Å²) in [6, 6.07) is 14.8. The molecule has 104 valence electrons. The minimum Gasteiger partial charge on any atom is -0.421 e. The van der Waals surface area contributed by atoms with Crippen LogP contribution in [0.15, 0.2) is 52.9 Å². The molecule has 3 rings (SSSR count). The van der Waals surface area contributed by atoms with Crippen LogP contribution in [0, 0.1) is 6.92 Å². The molecule has 0 spiro atoms. The van der Waals surface area contributed by atoms with E-state index in [-0.39, 0.29) is 0 Å². The van der Waals surface area contributed by atoms with Gasteiger partial charge in [-0.15, -0.1) is 10.2 Å². The monoisotopic (exact) mass is 279 g/mol. The Hall–Kier alpha value is -2.95. The number of aromatic nitrogens is 2. The number of nitrogens with two attached hydrogens (primary N) is 1. The van der Waals surface area contributed by atoms with Crippen LogP contribution < -0.4 is 5.73 Å². The third-order valence-corrected chi connectivity index (χ3v) is 3.16. The van der Waals surface area contributed by atoms with Crippen LogP contribution in [-0.2, 0) is 0 Å². The lowest BCUT2D eigenvalue weighted by molar-refractivity contribution is 0.100. The predicted octanol–water partition coefficient (Wildman–Crippen LogP) is 2.81. The van der Waals surface area contributed by atoms with Crippen molar-refractivity contribution in [1.29, 1.82) is 0 Å². The quantitative estimate of drug-likeness (QED) is 0.799. The fourth-order valence-corrected chi connectivity index (χ4v) is 2.14. The van der Waals surface area contributed by atoms with Crippen molar-refractivity contribution in [1.82, 2.24) is 10.2 Å². The molecule has 21 heavy (non-hydrogen) atoms. The number of aryl methyl sites for hydroxylation is 1. The Morgan fingerprint density at radius 2 is 1.67 bits per heavy atom. The van der Waals surface area contributed by atoms with Gasteiger partial charge in [0, 0.05) is 18.1 Å². The van der Waals surface area contributed by atoms with E-state index in [1.165, 1.54) is 0 Å². The minimum atomic E-state index is -0.442. The largest absolute Gasteiger partial charge is 0.421 e. The van der Waals surface area contributed by atoms with Crippen LogP contribution in [0.5, 0.6) is 0 Å². The zero-order valence-electron chi connectivity index (χ0n) is 11.4. The van der Waals surface area contributed by atoms with Crippen LogP contribution in [0.25, 0.3) is 22.6 Å². The second-order valence-corrected chi connectivity index (χ2v) is 4.61. The van der Waals surface area contributed by atoms with Crippen molar-refractivity contribution in [3.05, 3.63) is 60.0 Å². The highest BCUT2D eigenvalue weighted by Gasteiger charge is 2.12. The molecule has 0 saturated heterocycles. The normalized spacial score (nSPS) is 10.5. The number of carbonyl (C=O) groups excluding carboxylic acids is 1. The number of nitrogens with zero attached hydrogens (tertiary/aromatic N) is 2. The van der Waals surface area contributed by atoms with Gasteiger partial charge in [-0.2, -0.15) is 0 Å². The van der Waals surface area contributed by atoms with Gasteiger partial charge >= 0.3 is 0 Å². The maximum absolute atomic E-state index is 11.1. The Kier molecular flexibility index (Phi) is 3.23. The lowest BCUT2D eigenvalue weighted by Crippen LogP contribution is -2.10. The van der Waals surface area contributed by atoms with Gasteiger partial charge in [-0.1, -0.05) is 30.3 Å². The fourth-order valence-electron chi connectivity index (χ4n) is 2.14. The van der Waals surface area contributed by atoms with Gasteiger partial charge < -0.3 is 10.2 Å². The highest BCUT2D eigenvalue weighted by molar-refractivity contribution is 5.93. The Bertz CT molecular complexity index is 791. The van der Waals surface area contributed by atoms with Gasteiger partial charge in [-0.3, -0.25) is 4.79 Å². The Morgan fingerprint density at radius 3 is 2.24 bits per heavy atom. The molecule has 2 N–H and O–H groups in total. The van der Waals surface area contributed by atoms with Crippen LogP contribution in [0.1, 0.15) is 16.2 Å². The third-order valence-electron chi connectivity index (χ3n) is 3.16. The Morgan fingerprint density at radius 1 is 1.00 bits per heavy atom. The predicted molar refractivity (Wildman–Crippen MR) is 78.4 cm³/mol. The summed E-state index contributed by atoms with van der Waals surface area (Å²) >= 11 is 0. The van der Waals surface area contributed by atoms with Gasteiger partial charge in [0.05, 0.1) is 0 Å². The molecule has 0 bridgehead atoms. The number of hydrogen-bond acceptors (Lipinski definition) is 4. The standard InChI is InChI=1S/C16H13N3O2/c1-10-18-19-16(21-10)14-5-3-2-4-13(14)11-6-8-12(9-7-11)15(17)20/h2-9H,1H3,(H2,17,20). The number of carbonyl (C=O) groups is 1. The van der Waals surface area contributed by atoms with Crippen LogP contribution in [0.2, 0.25) is 0 Å². The highest BCUT2D eigenvalue weighted by Crippen LogP contribution is 2.31. The lowest BCUT2D eigenvalue weighted by Gasteiger charge is -2.07. The smallest absolute Gasteiger partial charge is 0.248 e. The molecule has 5 nitrogen and oxygen atoms in total. The molecule has 0 unspecified atom stereocenters. The van der Waals surface area contributed by atoms with Gasteiger partial charge in [0.25, 0.3) is 0 Å². The highest BCUT2D eigenvalue weighted by atomic mass is 16.4. The van der Waals surface area contributed by atoms with Gasteiger partial charge in [0.15, 0.2) is 0 Å². The molecule has 0 atom stereocenters. The van der Waals surface area contributed by atoms with Gasteiger partial charge in [0.1, 0.15) is 0 Å². The van der Waals surface area contributed by atoms with Gasteiger partial charge in [0.2, 0.25) is 17.7 Å². The molecule has 2 aromatic carbocycles. The van der Waals surface area contributed by atoms with E-state index in [1.807, 2.05) is 36.4 Å². The maximum Gasteiger partial charge on any atom is 0.248 e. The van der Waals surface area contributed by atoms with Crippen LogP contribution in [0.3, 0.4) is 0 Å². The van der Waals surface area contributed by atoms with Crippen molar-refractivity contribution in [3.63, 3.8) is 0 Å². The first-order valence-corrected chi connectivity index (χ1v) is 6.45. The van der Waals surface area contributed by atoms with Crippen molar-refractivity contribution in [3.8, 4) is 22.6 Å². The lowest BCUT2D eigenvalue weighted by atomic mass is 9.98. The first kappa shape index (κ1) is 13.1. The topological polar surface area (TPSA) is 82.0 Å². The second kappa shape index (κ2) is 5.20. The number of benzene rings is 2. The van der Waals surface area contributed by atoms with Crippen LogP contribution in [-0.4, -0.2) is 16.1 Å². The molecular weight excluding hydrogens is 266 g/mol. The molecule has 0 aliphatic carbocycles. The number of hydrogen-bond donors (Lipinski definition) is 1. The van der Waals surface area contributed by atoms with E-state index in [2.05, 4.69) is 10.2 Å². The zero-order valence-corrected chi connectivity index (χ0v) is 11.4. The number of rotatable bonds is 3. The summed E-state index contributed by atoms with van der Waals surface area (Å²) in [4.78, 5) is 11.1. The maximum atomic E-state index is 11.1. The molecule has 1 aromatic heterocycles. The fraction of sp³-hybridized carbons (Fsp3) is 0.0625. The SMILES string of the molecule is Cc1nnc(-c2ccccc2-c2ccc(C(N)=O)cc2)o1. The van der Waals surface area contributed by atoms with Gasteiger partial charge in [-0.05, 0) is 29.3 Å². The summed E-state index contributed by atoms with van der Waals surface area (Å²) in [7, 11) is 0. The van der Waals surface area contributed by atoms with Gasteiger partial charge in [-0.25, -0.2) is 0 Å². The zero-order chi connectivity index (χ0) is 14.8. The number of primary amides is 1. The summed E-state index contributed by atoms with van der Waals surface area (Å²) in [6.45, 7) is 1.75. The molecule has 1 heterocycles. The van der Waals surface area contributed by atoms with E-state index in [9.17, 15) is 4.79 Å². The van der Waals surface area contributed by atoms with Crippen molar-refractivity contribution in [2.24, 2.45) is 5.73 Å². The van der Waals surface area contributed by atoms with Crippen molar-refractivity contribution in [2.75, 3.05) is 0 Å². The van der Waals surface area contributed by atoms with E-state index >= 15 is 0 Å². The molecule has 3 aromatic rings. The molecule has 0 aliphatic rings. The molecule has 0 radical (unpaired) electrons. The van der Waals surface area contributed by atoms with E-state index in [4.69, 9.17) is 10.2 Å². The number of amides is 1. The second-order valence-electron chi connectivity index (χ2n) is 4.61. The molecule has 5 heteroatoms. The van der Waals surface area contributed by atoms with E-state index in [0.717, 1.165) is 16.7 Å². The summed E-state index contributed by atoms with van der Waals surface area (Å²) < 4.78 is 5.50. The van der Waals surface area contributed by atoms with E-state index in [0.29, 0.717) is 17.3 Å². The summed E-state index contributed by atoms with van der Waals surface area (Å²) in [5.74, 6) is 0.549. The first-order valence-electron chi connectivity index (χ1n) is 6.45. The van der Waals surface area contributed by atoms with Crippen molar-refractivity contribution in [2.45, 2.75) is 6.92 Å². The third kappa shape index (κ3) is 2.53. The van der Waals surface area contributed by atoms with E-state index < -0.39 is 5.91 Å². The summed E-state index contributed by atoms with van der Waals surface area (Å²) in [5.41, 5.74) is 8.49. The summed E-state index contributed by atoms with van der Waals surface area (Å²) in [5, 5.41) is 7.91. The Balaban J connectivity index is 2.08. The van der Waals surface area contributed by atoms with E-state index in [1.54, 1.807) is 19.1 Å². The molecule has 1 amide bonds. The van der Waals surface area contributed by atoms with Crippen LogP contribution >= 0.6 is 0 Å². The molecule has 0 saturated carbocycles. The summed E-state index contributed by atoms with van der Waals surface area (Å²) in [6.07, 6.45) is 0. The minimum absolute atomic E-state index is 0.442. The molecule has 0 aliphatic heterocycles. The molecule has 0 fully saturated rings. The molecular formula is C16H13N3O2. The van der Waals surface area contributed by atoms with Crippen molar-refractivity contribution < 1.29 is 9.21 Å². The Labute approximate surface area is 121 Å². The first-order chi connectivity index (χ1) is 10.1. The van der Waals surface area contributed by atoms with Crippen LogP contribution in [0.4, 0.5) is 0 Å². The van der Waals surface area contributed by atoms with Crippen molar-refractivity contribution >= 4 is 5.91 Å². The average molecular weight is 279 g/mol.